The van der Waals surface area contributed by atoms with Crippen LogP contribution in [0.2, 0.25) is 0 Å². The third-order valence-corrected chi connectivity index (χ3v) is 2.39. The fourth-order valence-electron chi connectivity index (χ4n) is 1.27. The molecule has 6 heteroatoms. The van der Waals surface area contributed by atoms with Gasteiger partial charge in [0.25, 0.3) is 5.56 Å². The maximum Gasteiger partial charge on any atom is 0.323 e. The molecular weight excluding hydrogens is 215 g/mol. The second-order valence-electron chi connectivity index (χ2n) is 3.58. The normalized spacial score (nSPS) is 12.4. The number of carboxylic acids is 1. The van der Waals surface area contributed by atoms with Crippen molar-refractivity contribution < 1.29 is 14.3 Å². The summed E-state index contributed by atoms with van der Waals surface area (Å²) in [6.45, 7) is 3.03. The Labute approximate surface area is 91.6 Å². The van der Waals surface area contributed by atoms with E-state index in [2.05, 4.69) is 4.98 Å². The highest BCUT2D eigenvalue weighted by atomic mass is 19.1. The molecular formula is C10H13FN2O3. The van der Waals surface area contributed by atoms with E-state index in [-0.39, 0.29) is 11.6 Å². The zero-order chi connectivity index (χ0) is 12.3. The molecule has 0 fully saturated rings. The van der Waals surface area contributed by atoms with Crippen molar-refractivity contribution in [3.05, 3.63) is 28.2 Å². The van der Waals surface area contributed by atoms with Gasteiger partial charge >= 0.3 is 5.97 Å². The van der Waals surface area contributed by atoms with Crippen molar-refractivity contribution in [3.8, 4) is 0 Å². The van der Waals surface area contributed by atoms with Gasteiger partial charge in [-0.2, -0.15) is 4.39 Å². The Morgan fingerprint density at radius 3 is 2.81 bits per heavy atom. The van der Waals surface area contributed by atoms with Crippen LogP contribution in [0, 0.1) is 5.82 Å². The first kappa shape index (κ1) is 12.4. The molecule has 1 rings (SSSR count). The van der Waals surface area contributed by atoms with Crippen LogP contribution in [0.3, 0.4) is 0 Å². The van der Waals surface area contributed by atoms with Crippen LogP contribution in [0.25, 0.3) is 0 Å². The number of nitrogens with zero attached hydrogens (tertiary/aromatic N) is 2. The lowest BCUT2D eigenvalue weighted by molar-refractivity contribution is -0.137. The number of carbonyl (C=O) groups is 1. The average molecular weight is 228 g/mol. The van der Waals surface area contributed by atoms with Crippen molar-refractivity contribution in [2.45, 2.75) is 32.7 Å². The largest absolute Gasteiger partial charge is 0.480 e. The number of aliphatic carboxylic acids is 1. The Kier molecular flexibility index (Phi) is 3.76. The number of rotatable bonds is 4. The highest BCUT2D eigenvalue weighted by molar-refractivity contribution is 5.66. The summed E-state index contributed by atoms with van der Waals surface area (Å²) in [5, 5.41) is 8.50. The van der Waals surface area contributed by atoms with Crippen LogP contribution in [0.1, 0.15) is 31.9 Å². The Bertz CT molecular complexity index is 456. The Morgan fingerprint density at radius 1 is 1.69 bits per heavy atom. The summed E-state index contributed by atoms with van der Waals surface area (Å²) in [5.41, 5.74) is -0.846. The standard InChI is InChI=1S/C10H13FN2O3/c1-3-6(2)9-8(11)10(16)13(5-12-9)4-7(14)15/h5-6H,3-4H2,1-2H3,(H,14,15). The van der Waals surface area contributed by atoms with Gasteiger partial charge in [-0.25, -0.2) is 4.98 Å². The smallest absolute Gasteiger partial charge is 0.323 e. The van der Waals surface area contributed by atoms with Gasteiger partial charge in [0, 0.05) is 5.92 Å². The molecule has 0 saturated heterocycles. The molecule has 0 aliphatic rings. The zero-order valence-corrected chi connectivity index (χ0v) is 9.11. The van der Waals surface area contributed by atoms with Gasteiger partial charge in [0.2, 0.25) is 5.82 Å². The third-order valence-electron chi connectivity index (χ3n) is 2.39. The van der Waals surface area contributed by atoms with E-state index < -0.39 is 23.9 Å². The van der Waals surface area contributed by atoms with Crippen LogP contribution in [-0.4, -0.2) is 20.6 Å². The van der Waals surface area contributed by atoms with E-state index in [1.165, 1.54) is 0 Å². The zero-order valence-electron chi connectivity index (χ0n) is 9.11. The van der Waals surface area contributed by atoms with Crippen molar-refractivity contribution in [1.82, 2.24) is 9.55 Å². The predicted molar refractivity (Wildman–Crippen MR) is 54.8 cm³/mol. The predicted octanol–water partition coefficient (Wildman–Crippen LogP) is 0.980. The molecule has 0 aromatic carbocycles. The van der Waals surface area contributed by atoms with Gasteiger partial charge < -0.3 is 5.11 Å². The minimum atomic E-state index is -1.21. The monoisotopic (exact) mass is 228 g/mol. The summed E-state index contributed by atoms with van der Waals surface area (Å²) in [7, 11) is 0. The Morgan fingerprint density at radius 2 is 2.31 bits per heavy atom. The van der Waals surface area contributed by atoms with Crippen LogP contribution in [0.5, 0.6) is 0 Å². The molecule has 16 heavy (non-hydrogen) atoms. The van der Waals surface area contributed by atoms with Crippen molar-refractivity contribution in [2.75, 3.05) is 0 Å². The highest BCUT2D eigenvalue weighted by Gasteiger charge is 2.16. The lowest BCUT2D eigenvalue weighted by atomic mass is 10.0. The molecule has 0 radical (unpaired) electrons. The van der Waals surface area contributed by atoms with E-state index in [4.69, 9.17) is 5.11 Å². The molecule has 88 valence electrons. The topological polar surface area (TPSA) is 72.2 Å². The van der Waals surface area contributed by atoms with E-state index in [9.17, 15) is 14.0 Å². The first-order valence-corrected chi connectivity index (χ1v) is 4.94. The second kappa shape index (κ2) is 4.87. The summed E-state index contributed by atoms with van der Waals surface area (Å²) in [5.74, 6) is -2.33. The van der Waals surface area contributed by atoms with Crippen LogP contribution in [-0.2, 0) is 11.3 Å². The van der Waals surface area contributed by atoms with Crippen molar-refractivity contribution >= 4 is 5.97 Å². The SMILES string of the molecule is CCC(C)c1ncn(CC(=O)O)c(=O)c1F. The molecule has 1 N–H and O–H groups in total. The average Bonchev–Trinajstić information content (AvgIpc) is 2.23. The minimum absolute atomic E-state index is 0.0918. The molecule has 0 aliphatic heterocycles. The van der Waals surface area contributed by atoms with Gasteiger partial charge in [-0.1, -0.05) is 13.8 Å². The maximum atomic E-state index is 13.6. The summed E-state index contributed by atoms with van der Waals surface area (Å²) in [4.78, 5) is 25.6. The molecule has 1 aromatic heterocycles. The summed E-state index contributed by atoms with van der Waals surface area (Å²) in [6.07, 6.45) is 1.73. The molecule has 1 unspecified atom stereocenters. The number of aromatic nitrogens is 2. The first-order valence-electron chi connectivity index (χ1n) is 4.94. The van der Waals surface area contributed by atoms with Gasteiger partial charge in [0.05, 0.1) is 12.0 Å². The number of hydrogen-bond donors (Lipinski definition) is 1. The molecule has 0 amide bonds. The van der Waals surface area contributed by atoms with Gasteiger partial charge in [-0.05, 0) is 6.42 Å². The summed E-state index contributed by atoms with van der Waals surface area (Å²) >= 11 is 0. The number of hydrogen-bond acceptors (Lipinski definition) is 3. The van der Waals surface area contributed by atoms with Crippen molar-refractivity contribution in [3.63, 3.8) is 0 Å². The molecule has 0 spiro atoms. The third kappa shape index (κ3) is 2.44. The van der Waals surface area contributed by atoms with E-state index in [1.54, 1.807) is 6.92 Å². The first-order chi connectivity index (χ1) is 7.47. The van der Waals surface area contributed by atoms with Crippen LogP contribution < -0.4 is 5.56 Å². The Hall–Kier alpha value is -1.72. The summed E-state index contributed by atoms with van der Waals surface area (Å²) < 4.78 is 14.3. The molecule has 0 bridgehead atoms. The molecule has 1 heterocycles. The van der Waals surface area contributed by atoms with E-state index >= 15 is 0 Å². The van der Waals surface area contributed by atoms with Crippen molar-refractivity contribution in [1.29, 1.82) is 0 Å². The van der Waals surface area contributed by atoms with Crippen LogP contribution in [0.15, 0.2) is 11.1 Å². The number of halogens is 1. The van der Waals surface area contributed by atoms with E-state index in [0.717, 1.165) is 10.9 Å². The Balaban J connectivity index is 3.18. The van der Waals surface area contributed by atoms with Crippen LogP contribution in [0.4, 0.5) is 4.39 Å². The number of carboxylic acid groups (broad SMARTS) is 1. The van der Waals surface area contributed by atoms with Crippen LogP contribution >= 0.6 is 0 Å². The van der Waals surface area contributed by atoms with Gasteiger partial charge in [-0.3, -0.25) is 14.2 Å². The van der Waals surface area contributed by atoms with Gasteiger partial charge in [-0.15, -0.1) is 0 Å². The fourth-order valence-corrected chi connectivity index (χ4v) is 1.27. The molecule has 1 aromatic rings. The maximum absolute atomic E-state index is 13.6. The summed E-state index contributed by atoms with van der Waals surface area (Å²) in [6, 6.07) is 0. The van der Waals surface area contributed by atoms with E-state index in [0.29, 0.717) is 6.42 Å². The molecule has 5 nitrogen and oxygen atoms in total. The van der Waals surface area contributed by atoms with Gasteiger partial charge in [0.1, 0.15) is 6.54 Å². The van der Waals surface area contributed by atoms with Crippen molar-refractivity contribution in [2.24, 2.45) is 0 Å². The lowest BCUT2D eigenvalue weighted by Crippen LogP contribution is -2.28. The lowest BCUT2D eigenvalue weighted by Gasteiger charge is -2.10. The van der Waals surface area contributed by atoms with Gasteiger partial charge in [0.15, 0.2) is 0 Å². The molecule has 0 aliphatic carbocycles. The van der Waals surface area contributed by atoms with E-state index in [1.807, 2.05) is 6.92 Å². The minimum Gasteiger partial charge on any atom is -0.480 e. The second-order valence-corrected chi connectivity index (χ2v) is 3.58. The quantitative estimate of drug-likeness (QED) is 0.833. The fraction of sp³-hybridized carbons (Fsp3) is 0.500. The highest BCUT2D eigenvalue weighted by Crippen LogP contribution is 2.16. The molecule has 1 atom stereocenters. The molecule has 0 saturated carbocycles.